The van der Waals surface area contributed by atoms with Crippen LogP contribution in [-0.2, 0) is 9.53 Å². The molecule has 8 nitrogen and oxygen atoms in total. The summed E-state index contributed by atoms with van der Waals surface area (Å²) in [6.07, 6.45) is 1.77. The summed E-state index contributed by atoms with van der Waals surface area (Å²) < 4.78 is 5.28. The number of hydrogen-bond donors (Lipinski definition) is 1. The van der Waals surface area contributed by atoms with Crippen molar-refractivity contribution in [2.24, 2.45) is 5.92 Å². The first-order valence-corrected chi connectivity index (χ1v) is 9.35. The predicted molar refractivity (Wildman–Crippen MR) is 102 cm³/mol. The number of anilines is 1. The summed E-state index contributed by atoms with van der Waals surface area (Å²) in [5.74, 6) is -0.507. The average Bonchev–Trinajstić information content (AvgIpc) is 2.66. The van der Waals surface area contributed by atoms with Crippen LogP contribution in [-0.4, -0.2) is 42.5 Å². The summed E-state index contributed by atoms with van der Waals surface area (Å²) in [6.45, 7) is 7.62. The molecule has 1 N–H and O–H groups in total. The van der Waals surface area contributed by atoms with E-state index in [2.05, 4.69) is 12.2 Å². The number of rotatable bonds is 7. The molecule has 2 rings (SSSR count). The lowest BCUT2D eigenvalue weighted by Gasteiger charge is -2.33. The number of non-ortho nitro benzene ring substituents is 1. The van der Waals surface area contributed by atoms with Gasteiger partial charge in [0.25, 0.3) is 11.6 Å². The molecule has 0 unspecified atom stereocenters. The van der Waals surface area contributed by atoms with Crippen molar-refractivity contribution >= 4 is 23.3 Å². The number of carbonyl (C=O) groups is 2. The molecule has 0 spiro atoms. The second kappa shape index (κ2) is 9.34. The van der Waals surface area contributed by atoms with Gasteiger partial charge in [-0.25, -0.2) is 4.79 Å². The van der Waals surface area contributed by atoms with E-state index >= 15 is 0 Å². The van der Waals surface area contributed by atoms with Crippen LogP contribution < -0.4 is 10.2 Å². The molecule has 1 fully saturated rings. The van der Waals surface area contributed by atoms with Gasteiger partial charge in [-0.05, 0) is 38.2 Å². The Morgan fingerprint density at radius 1 is 1.37 bits per heavy atom. The Balaban J connectivity index is 2.23. The Morgan fingerprint density at radius 3 is 2.63 bits per heavy atom. The van der Waals surface area contributed by atoms with Gasteiger partial charge >= 0.3 is 5.97 Å². The monoisotopic (exact) mass is 377 g/mol. The first-order valence-electron chi connectivity index (χ1n) is 9.35. The molecule has 8 heteroatoms. The van der Waals surface area contributed by atoms with Gasteiger partial charge in [0.05, 0.1) is 16.2 Å². The lowest BCUT2D eigenvalue weighted by molar-refractivity contribution is -0.384. The molecule has 0 radical (unpaired) electrons. The zero-order chi connectivity index (χ0) is 20.0. The number of nitro groups is 1. The maximum Gasteiger partial charge on any atom is 0.341 e. The molecule has 1 amide bonds. The third kappa shape index (κ3) is 5.42. The van der Waals surface area contributed by atoms with Gasteiger partial charge in [-0.1, -0.05) is 13.8 Å². The van der Waals surface area contributed by atoms with Gasteiger partial charge in [0.15, 0.2) is 6.10 Å². The van der Waals surface area contributed by atoms with Crippen molar-refractivity contribution in [2.75, 3.05) is 24.5 Å². The number of nitrogens with one attached hydrogen (secondary N) is 1. The maximum atomic E-state index is 12.7. The molecule has 0 bridgehead atoms. The molecule has 0 saturated carbocycles. The lowest BCUT2D eigenvalue weighted by atomic mass is 9.98. The van der Waals surface area contributed by atoms with Gasteiger partial charge in [-0.15, -0.1) is 0 Å². The Labute approximate surface area is 159 Å². The summed E-state index contributed by atoms with van der Waals surface area (Å²) in [5, 5.41) is 13.8. The zero-order valence-electron chi connectivity index (χ0n) is 16.1. The third-order valence-corrected chi connectivity index (χ3v) is 4.74. The second-order valence-corrected chi connectivity index (χ2v) is 6.97. The van der Waals surface area contributed by atoms with E-state index in [0.29, 0.717) is 18.2 Å². The van der Waals surface area contributed by atoms with Crippen molar-refractivity contribution in [3.05, 3.63) is 33.9 Å². The van der Waals surface area contributed by atoms with Gasteiger partial charge in [-0.3, -0.25) is 14.9 Å². The number of esters is 1. The van der Waals surface area contributed by atoms with Gasteiger partial charge in [0.2, 0.25) is 0 Å². The smallest absolute Gasteiger partial charge is 0.341 e. The summed E-state index contributed by atoms with van der Waals surface area (Å²) in [4.78, 5) is 37.3. The van der Waals surface area contributed by atoms with Crippen LogP contribution in [0.1, 0.15) is 50.4 Å². The fourth-order valence-electron chi connectivity index (χ4n) is 3.00. The normalized spacial score (nSPS) is 15.9. The molecule has 1 aliphatic rings. The molecular formula is C19H27N3O5. The molecule has 1 aromatic carbocycles. The Morgan fingerprint density at radius 2 is 2.04 bits per heavy atom. The van der Waals surface area contributed by atoms with Crippen molar-refractivity contribution in [2.45, 2.75) is 46.1 Å². The Bertz CT molecular complexity index is 699. The standard InChI is InChI=1S/C19H27N3O5/c1-4-9-20-18(23)14(3)27-19(24)16-12-15(22(25)26)5-6-17(16)21-10-7-13(2)8-11-21/h5-6,12-14H,4,7-11H2,1-3H3,(H,20,23)/t14-/m0/s1. The molecule has 27 heavy (non-hydrogen) atoms. The van der Waals surface area contributed by atoms with Crippen molar-refractivity contribution in [1.82, 2.24) is 5.32 Å². The van der Waals surface area contributed by atoms with Crippen molar-refractivity contribution in [3.63, 3.8) is 0 Å². The quantitative estimate of drug-likeness (QED) is 0.445. The second-order valence-electron chi connectivity index (χ2n) is 6.97. The summed E-state index contributed by atoms with van der Waals surface area (Å²) in [6, 6.07) is 4.21. The number of carbonyl (C=O) groups excluding carboxylic acids is 2. The minimum Gasteiger partial charge on any atom is -0.449 e. The van der Waals surface area contributed by atoms with E-state index in [1.807, 2.05) is 11.8 Å². The molecule has 0 aliphatic carbocycles. The molecule has 1 atom stereocenters. The van der Waals surface area contributed by atoms with Crippen LogP contribution in [0, 0.1) is 16.0 Å². The molecule has 1 aliphatic heterocycles. The van der Waals surface area contributed by atoms with Crippen LogP contribution in [0.2, 0.25) is 0 Å². The number of ether oxygens (including phenoxy) is 1. The van der Waals surface area contributed by atoms with Crippen molar-refractivity contribution in [3.8, 4) is 0 Å². The third-order valence-electron chi connectivity index (χ3n) is 4.74. The van der Waals surface area contributed by atoms with Crippen LogP contribution in [0.4, 0.5) is 11.4 Å². The molecule has 1 saturated heterocycles. The molecule has 0 aromatic heterocycles. The van der Waals surface area contributed by atoms with Gasteiger partial charge < -0.3 is 15.0 Å². The van der Waals surface area contributed by atoms with Crippen molar-refractivity contribution in [1.29, 1.82) is 0 Å². The predicted octanol–water partition coefficient (Wildman–Crippen LogP) is 2.90. The van der Waals surface area contributed by atoms with E-state index in [-0.39, 0.29) is 17.2 Å². The highest BCUT2D eigenvalue weighted by atomic mass is 16.6. The summed E-state index contributed by atoms with van der Waals surface area (Å²) >= 11 is 0. The van der Waals surface area contributed by atoms with Crippen LogP contribution in [0.15, 0.2) is 18.2 Å². The molecular weight excluding hydrogens is 350 g/mol. The summed E-state index contributed by atoms with van der Waals surface area (Å²) in [5.41, 5.74) is 0.548. The minimum absolute atomic E-state index is 0.119. The highest BCUT2D eigenvalue weighted by molar-refractivity contribution is 5.98. The van der Waals surface area contributed by atoms with E-state index in [4.69, 9.17) is 4.74 Å². The first-order chi connectivity index (χ1) is 12.8. The first kappa shape index (κ1) is 20.7. The lowest BCUT2D eigenvalue weighted by Crippen LogP contribution is -2.37. The van der Waals surface area contributed by atoms with Gasteiger partial charge in [0.1, 0.15) is 0 Å². The van der Waals surface area contributed by atoms with Crippen molar-refractivity contribution < 1.29 is 19.2 Å². The average molecular weight is 377 g/mol. The Hall–Kier alpha value is -2.64. The number of piperidine rings is 1. The van der Waals surface area contributed by atoms with Crippen LogP contribution in [0.25, 0.3) is 0 Å². The molecule has 148 valence electrons. The number of amides is 1. The van der Waals surface area contributed by atoms with E-state index < -0.39 is 17.0 Å². The van der Waals surface area contributed by atoms with Crippen LogP contribution >= 0.6 is 0 Å². The number of hydrogen-bond acceptors (Lipinski definition) is 6. The number of nitro benzene ring substituents is 1. The fraction of sp³-hybridized carbons (Fsp3) is 0.579. The number of nitrogens with zero attached hydrogens (tertiary/aromatic N) is 2. The highest BCUT2D eigenvalue weighted by Gasteiger charge is 2.26. The summed E-state index contributed by atoms with van der Waals surface area (Å²) in [7, 11) is 0. The van der Waals surface area contributed by atoms with E-state index in [9.17, 15) is 19.7 Å². The largest absolute Gasteiger partial charge is 0.449 e. The van der Waals surface area contributed by atoms with Gasteiger partial charge in [0, 0.05) is 31.8 Å². The van der Waals surface area contributed by atoms with E-state index in [1.54, 1.807) is 6.07 Å². The topological polar surface area (TPSA) is 102 Å². The molecule has 1 aromatic rings. The van der Waals surface area contributed by atoms with E-state index in [0.717, 1.165) is 32.4 Å². The highest BCUT2D eigenvalue weighted by Crippen LogP contribution is 2.30. The fourth-order valence-corrected chi connectivity index (χ4v) is 3.00. The van der Waals surface area contributed by atoms with Gasteiger partial charge in [-0.2, -0.15) is 0 Å². The minimum atomic E-state index is -0.974. The number of benzene rings is 1. The maximum absolute atomic E-state index is 12.7. The molecule has 1 heterocycles. The Kier molecular flexibility index (Phi) is 7.15. The van der Waals surface area contributed by atoms with E-state index in [1.165, 1.54) is 19.1 Å². The van der Waals surface area contributed by atoms with Crippen LogP contribution in [0.5, 0.6) is 0 Å². The zero-order valence-corrected chi connectivity index (χ0v) is 16.1. The van der Waals surface area contributed by atoms with Crippen LogP contribution in [0.3, 0.4) is 0 Å². The SMILES string of the molecule is CCCNC(=O)[C@H](C)OC(=O)c1cc([N+](=O)[O-])ccc1N1CCC(C)CC1.